The lowest BCUT2D eigenvalue weighted by Gasteiger charge is -2.07. The van der Waals surface area contributed by atoms with Crippen LogP contribution in [0.25, 0.3) is 10.9 Å². The van der Waals surface area contributed by atoms with Crippen LogP contribution in [0.3, 0.4) is 0 Å². The van der Waals surface area contributed by atoms with Crippen molar-refractivity contribution in [3.8, 4) is 5.75 Å². The minimum atomic E-state index is -0.305. The first-order valence-electron chi connectivity index (χ1n) is 8.98. The smallest absolute Gasteiger partial charge is 0.209 e. The first-order valence-corrected chi connectivity index (χ1v) is 9.86. The van der Waals surface area contributed by atoms with Crippen LogP contribution in [0.15, 0.2) is 59.9 Å². The van der Waals surface area contributed by atoms with Crippen LogP contribution in [-0.4, -0.2) is 31.2 Å². The molecule has 2 aromatic heterocycles. The van der Waals surface area contributed by atoms with Gasteiger partial charge in [0.2, 0.25) is 5.16 Å². The van der Waals surface area contributed by atoms with Gasteiger partial charge < -0.3 is 9.72 Å². The zero-order chi connectivity index (χ0) is 19.5. The largest absolute Gasteiger partial charge is 0.485 e. The summed E-state index contributed by atoms with van der Waals surface area (Å²) in [6.45, 7) is 4.16. The van der Waals surface area contributed by atoms with Crippen LogP contribution in [0, 0.1) is 6.92 Å². The Balaban J connectivity index is 1.40. The fourth-order valence-electron chi connectivity index (χ4n) is 2.97. The number of nitrogens with zero attached hydrogens (tertiary/aromatic N) is 2. The number of rotatable bonds is 7. The molecule has 0 aliphatic rings. The number of thioether (sulfide) groups is 1. The maximum atomic E-state index is 12.8. The normalized spacial score (nSPS) is 12.2. The fourth-order valence-corrected chi connectivity index (χ4v) is 3.78. The van der Waals surface area contributed by atoms with Crippen molar-refractivity contribution in [2.24, 2.45) is 0 Å². The van der Waals surface area contributed by atoms with E-state index in [1.807, 2.05) is 62.4 Å². The Morgan fingerprint density at radius 1 is 1.18 bits per heavy atom. The number of benzene rings is 2. The summed E-state index contributed by atoms with van der Waals surface area (Å²) >= 11 is 1.33. The number of ether oxygens (including phenoxy) is 1. The third kappa shape index (κ3) is 3.80. The molecular formula is C21H20N4O2S. The van der Waals surface area contributed by atoms with Crippen molar-refractivity contribution in [1.82, 2.24) is 20.2 Å². The van der Waals surface area contributed by atoms with Crippen molar-refractivity contribution >= 4 is 28.4 Å². The average Bonchev–Trinajstić information content (AvgIpc) is 3.33. The van der Waals surface area contributed by atoms with Crippen LogP contribution in [-0.2, 0) is 6.61 Å². The molecule has 142 valence electrons. The summed E-state index contributed by atoms with van der Waals surface area (Å²) in [5.74, 6) is 1.48. The predicted molar refractivity (Wildman–Crippen MR) is 110 cm³/mol. The van der Waals surface area contributed by atoms with Gasteiger partial charge in [-0.05, 0) is 31.5 Å². The van der Waals surface area contributed by atoms with Gasteiger partial charge >= 0.3 is 0 Å². The number of H-pyrrole nitrogens is 2. The number of hydrogen-bond donors (Lipinski definition) is 2. The summed E-state index contributed by atoms with van der Waals surface area (Å²) < 4.78 is 5.78. The van der Waals surface area contributed by atoms with E-state index in [0.29, 0.717) is 23.2 Å². The zero-order valence-corrected chi connectivity index (χ0v) is 16.4. The highest BCUT2D eigenvalue weighted by molar-refractivity contribution is 8.00. The van der Waals surface area contributed by atoms with Crippen molar-refractivity contribution < 1.29 is 9.53 Å². The summed E-state index contributed by atoms with van der Waals surface area (Å²) in [6, 6.07) is 15.6. The molecule has 4 aromatic rings. The Morgan fingerprint density at radius 2 is 1.96 bits per heavy atom. The van der Waals surface area contributed by atoms with Gasteiger partial charge in [0, 0.05) is 22.7 Å². The first kappa shape index (κ1) is 18.3. The number of aryl methyl sites for hydroxylation is 1. The molecule has 0 amide bonds. The van der Waals surface area contributed by atoms with Gasteiger partial charge in [0.1, 0.15) is 12.4 Å². The summed E-state index contributed by atoms with van der Waals surface area (Å²) in [5.41, 5.74) is 2.71. The molecule has 0 radical (unpaired) electrons. The number of Topliss-reactive ketones (excluding diaryl/α,β-unsaturated/α-hetero) is 1. The van der Waals surface area contributed by atoms with Crippen LogP contribution in [0.5, 0.6) is 5.75 Å². The lowest BCUT2D eigenvalue weighted by Crippen LogP contribution is -2.13. The van der Waals surface area contributed by atoms with Gasteiger partial charge in [0.05, 0.1) is 5.25 Å². The molecular weight excluding hydrogens is 372 g/mol. The first-order chi connectivity index (χ1) is 13.6. The molecule has 0 fully saturated rings. The van der Waals surface area contributed by atoms with Crippen LogP contribution in [0.1, 0.15) is 28.7 Å². The molecule has 2 aromatic carbocycles. The van der Waals surface area contributed by atoms with Gasteiger partial charge in [-0.2, -0.15) is 0 Å². The number of para-hydroxylation sites is 2. The van der Waals surface area contributed by atoms with Gasteiger partial charge in [-0.3, -0.25) is 9.89 Å². The van der Waals surface area contributed by atoms with E-state index in [-0.39, 0.29) is 11.0 Å². The number of hydrogen-bond acceptors (Lipinski definition) is 5. The van der Waals surface area contributed by atoms with Crippen LogP contribution < -0.4 is 4.74 Å². The Kier molecular flexibility index (Phi) is 5.16. The van der Waals surface area contributed by atoms with E-state index in [1.54, 1.807) is 6.20 Å². The molecule has 4 rings (SSSR count). The monoisotopic (exact) mass is 392 g/mol. The summed E-state index contributed by atoms with van der Waals surface area (Å²) in [4.78, 5) is 20.4. The minimum Gasteiger partial charge on any atom is -0.485 e. The number of carbonyl (C=O) groups is 1. The molecule has 2 N–H and O–H groups in total. The van der Waals surface area contributed by atoms with E-state index in [1.165, 1.54) is 11.8 Å². The van der Waals surface area contributed by atoms with E-state index >= 15 is 0 Å². The fraction of sp³-hybridized carbons (Fsp3) is 0.190. The van der Waals surface area contributed by atoms with Crippen molar-refractivity contribution in [3.05, 3.63) is 71.7 Å². The van der Waals surface area contributed by atoms with Crippen LogP contribution in [0.2, 0.25) is 0 Å². The number of nitrogens with one attached hydrogen (secondary N) is 2. The minimum absolute atomic E-state index is 0.0463. The van der Waals surface area contributed by atoms with Crippen LogP contribution >= 0.6 is 11.8 Å². The molecule has 0 bridgehead atoms. The number of aromatic nitrogens is 4. The third-order valence-corrected chi connectivity index (χ3v) is 5.44. The molecule has 0 aliphatic heterocycles. The second kappa shape index (κ2) is 7.90. The van der Waals surface area contributed by atoms with Crippen molar-refractivity contribution in [2.45, 2.75) is 30.9 Å². The quantitative estimate of drug-likeness (QED) is 0.356. The topological polar surface area (TPSA) is 83.7 Å². The van der Waals surface area contributed by atoms with Gasteiger partial charge in [0.15, 0.2) is 11.6 Å². The SMILES string of the molecule is Cc1ccccc1OCc1nc(S[C@H](C)C(=O)c2c[nH]c3ccccc23)n[nH]1. The standard InChI is InChI=1S/C21H20N4O2S/c1-13-7-3-6-10-18(13)27-12-19-23-21(25-24-19)28-14(2)20(26)16-11-22-17-9-5-4-8-15(16)17/h3-11,14,22H,12H2,1-2H3,(H,23,24,25)/t14-/m1/s1. The molecule has 0 saturated heterocycles. The lowest BCUT2D eigenvalue weighted by molar-refractivity contribution is 0.0995. The molecule has 0 aliphatic carbocycles. The number of aromatic amines is 2. The lowest BCUT2D eigenvalue weighted by atomic mass is 10.1. The molecule has 0 spiro atoms. The molecule has 0 unspecified atom stereocenters. The molecule has 6 nitrogen and oxygen atoms in total. The van der Waals surface area contributed by atoms with Crippen molar-refractivity contribution in [1.29, 1.82) is 0 Å². The second-order valence-electron chi connectivity index (χ2n) is 6.49. The summed E-state index contributed by atoms with van der Waals surface area (Å²) in [7, 11) is 0. The van der Waals surface area contributed by atoms with Crippen molar-refractivity contribution in [3.63, 3.8) is 0 Å². The maximum absolute atomic E-state index is 12.8. The molecule has 7 heteroatoms. The number of ketones is 1. The van der Waals surface area contributed by atoms with Gasteiger partial charge in [-0.25, -0.2) is 4.98 Å². The van der Waals surface area contributed by atoms with E-state index in [0.717, 1.165) is 22.2 Å². The highest BCUT2D eigenvalue weighted by Crippen LogP contribution is 2.26. The highest BCUT2D eigenvalue weighted by atomic mass is 32.2. The van der Waals surface area contributed by atoms with Gasteiger partial charge in [-0.15, -0.1) is 5.10 Å². The average molecular weight is 392 g/mol. The van der Waals surface area contributed by atoms with Crippen molar-refractivity contribution in [2.75, 3.05) is 0 Å². The Bertz CT molecular complexity index is 1120. The van der Waals surface area contributed by atoms with E-state index < -0.39 is 0 Å². The molecule has 2 heterocycles. The number of carbonyl (C=O) groups excluding carboxylic acids is 1. The molecule has 28 heavy (non-hydrogen) atoms. The predicted octanol–water partition coefficient (Wildman–Crippen LogP) is 4.54. The number of fused-ring (bicyclic) bond motifs is 1. The third-order valence-electron chi connectivity index (χ3n) is 4.48. The molecule has 0 saturated carbocycles. The van der Waals surface area contributed by atoms with Gasteiger partial charge in [0.25, 0.3) is 0 Å². The van der Waals surface area contributed by atoms with E-state index in [4.69, 9.17) is 4.74 Å². The Hall–Kier alpha value is -3.06. The Morgan fingerprint density at radius 3 is 2.82 bits per heavy atom. The Labute approximate surface area is 166 Å². The van der Waals surface area contributed by atoms with E-state index in [2.05, 4.69) is 20.2 Å². The zero-order valence-electron chi connectivity index (χ0n) is 15.6. The highest BCUT2D eigenvalue weighted by Gasteiger charge is 2.21. The summed E-state index contributed by atoms with van der Waals surface area (Å²) in [5, 5.41) is 8.24. The van der Waals surface area contributed by atoms with Gasteiger partial charge in [-0.1, -0.05) is 48.2 Å². The second-order valence-corrected chi connectivity index (χ2v) is 7.80. The summed E-state index contributed by atoms with van der Waals surface area (Å²) in [6.07, 6.45) is 1.77. The van der Waals surface area contributed by atoms with Crippen LogP contribution in [0.4, 0.5) is 0 Å². The molecule has 1 atom stereocenters. The van der Waals surface area contributed by atoms with E-state index in [9.17, 15) is 4.79 Å². The maximum Gasteiger partial charge on any atom is 0.209 e.